The average molecular weight is 664 g/mol. The van der Waals surface area contributed by atoms with Crippen LogP contribution in [-0.2, 0) is 57.6 Å². The number of carbonyl (C=O) groups is 4. The maximum atomic E-state index is 12.9. The number of methoxy groups -OCH3 is 3. The van der Waals surface area contributed by atoms with Gasteiger partial charge < -0.3 is 43.8 Å². The molecule has 45 heavy (non-hydrogen) atoms. The summed E-state index contributed by atoms with van der Waals surface area (Å²) in [5.41, 5.74) is -0.365. The molecule has 0 fully saturated rings. The molecule has 16 nitrogen and oxygen atoms in total. The molecule has 0 heterocycles. The van der Waals surface area contributed by atoms with Gasteiger partial charge >= 0.3 is 23.9 Å². The molecular formula is C28H45N3O13S. The zero-order chi connectivity index (χ0) is 33.6. The van der Waals surface area contributed by atoms with E-state index in [9.17, 15) is 27.6 Å². The van der Waals surface area contributed by atoms with E-state index in [1.54, 1.807) is 12.1 Å². The van der Waals surface area contributed by atoms with Crippen molar-refractivity contribution in [3.05, 3.63) is 29.8 Å². The van der Waals surface area contributed by atoms with Crippen LogP contribution in [0.2, 0.25) is 0 Å². The average Bonchev–Trinajstić information content (AvgIpc) is 3.02. The number of carbonyl (C=O) groups excluding carboxylic acids is 4. The van der Waals surface area contributed by atoms with E-state index in [0.717, 1.165) is 5.56 Å². The third kappa shape index (κ3) is 17.7. The van der Waals surface area contributed by atoms with Gasteiger partial charge in [-0.25, -0.2) is 17.9 Å². The number of sulfonamides is 1. The monoisotopic (exact) mass is 663 g/mol. The molecule has 0 atom stereocenters. The van der Waals surface area contributed by atoms with Gasteiger partial charge in [-0.15, -0.1) is 0 Å². The van der Waals surface area contributed by atoms with Crippen LogP contribution in [0.4, 0.5) is 4.79 Å². The van der Waals surface area contributed by atoms with Crippen LogP contribution < -0.4 is 15.4 Å². The molecule has 0 aliphatic carbocycles. The van der Waals surface area contributed by atoms with Gasteiger partial charge in [-0.3, -0.25) is 14.4 Å². The summed E-state index contributed by atoms with van der Waals surface area (Å²) in [6.07, 6.45) is -0.114. The predicted molar refractivity (Wildman–Crippen MR) is 159 cm³/mol. The number of esters is 3. The fourth-order valence-corrected chi connectivity index (χ4v) is 4.49. The molecule has 3 N–H and O–H groups in total. The number of benzene rings is 1. The van der Waals surface area contributed by atoms with E-state index >= 15 is 0 Å². The Kier molecular flexibility index (Phi) is 19.6. The van der Waals surface area contributed by atoms with Crippen molar-refractivity contribution in [3.8, 4) is 0 Å². The smallest absolute Gasteiger partial charge is 0.315 e. The summed E-state index contributed by atoms with van der Waals surface area (Å²) >= 11 is 0. The van der Waals surface area contributed by atoms with Gasteiger partial charge in [-0.1, -0.05) is 17.7 Å². The van der Waals surface area contributed by atoms with Crippen LogP contribution in [0.15, 0.2) is 29.2 Å². The van der Waals surface area contributed by atoms with E-state index in [2.05, 4.69) is 29.6 Å². The lowest BCUT2D eigenvalue weighted by atomic mass is 10.0. The van der Waals surface area contributed by atoms with Crippen LogP contribution >= 0.6 is 0 Å². The molecule has 0 aliphatic rings. The maximum absolute atomic E-state index is 12.9. The molecule has 0 unspecified atom stereocenters. The third-order valence-corrected chi connectivity index (χ3v) is 7.43. The molecule has 0 aliphatic heterocycles. The zero-order valence-electron chi connectivity index (χ0n) is 26.2. The summed E-state index contributed by atoms with van der Waals surface area (Å²) < 4.78 is 63.3. The fourth-order valence-electron chi connectivity index (χ4n) is 3.48. The van der Waals surface area contributed by atoms with Gasteiger partial charge in [0, 0.05) is 13.1 Å². The molecule has 0 saturated carbocycles. The first-order valence-corrected chi connectivity index (χ1v) is 15.6. The molecule has 0 radical (unpaired) electrons. The zero-order valence-corrected chi connectivity index (χ0v) is 27.0. The van der Waals surface area contributed by atoms with Gasteiger partial charge in [-0.2, -0.15) is 0 Å². The highest BCUT2D eigenvalue weighted by Gasteiger charge is 2.34. The Morgan fingerprint density at radius 3 is 1.56 bits per heavy atom. The third-order valence-electron chi connectivity index (χ3n) is 5.95. The number of aryl methyl sites for hydroxylation is 1. The van der Waals surface area contributed by atoms with Crippen molar-refractivity contribution in [2.24, 2.45) is 0 Å². The Bertz CT molecular complexity index is 1090. The lowest BCUT2D eigenvalue weighted by Crippen LogP contribution is -2.61. The molecule has 1 rings (SSSR count). The number of ether oxygens (including phenoxy) is 7. The lowest BCUT2D eigenvalue weighted by molar-refractivity contribution is -0.142. The summed E-state index contributed by atoms with van der Waals surface area (Å²) in [4.78, 5) is 47.5. The van der Waals surface area contributed by atoms with E-state index in [-0.39, 0.29) is 90.1 Å². The molecular weight excluding hydrogens is 618 g/mol. The van der Waals surface area contributed by atoms with Crippen molar-refractivity contribution in [2.45, 2.75) is 36.6 Å². The number of hydrogen-bond donors (Lipinski definition) is 3. The van der Waals surface area contributed by atoms with Crippen LogP contribution in [-0.4, -0.2) is 125 Å². The first kappa shape index (κ1) is 39.7. The first-order valence-electron chi connectivity index (χ1n) is 14.1. The molecule has 0 bridgehead atoms. The van der Waals surface area contributed by atoms with E-state index in [1.165, 1.54) is 33.5 Å². The summed E-state index contributed by atoms with van der Waals surface area (Å²) in [7, 11) is 0.0650. The van der Waals surface area contributed by atoms with Crippen LogP contribution in [0.1, 0.15) is 24.8 Å². The summed E-state index contributed by atoms with van der Waals surface area (Å²) in [5, 5.41) is 5.39. The highest BCUT2D eigenvalue weighted by Crippen LogP contribution is 2.11. The van der Waals surface area contributed by atoms with Crippen LogP contribution in [0, 0.1) is 6.92 Å². The quantitative estimate of drug-likeness (QED) is 0.0762. The summed E-state index contributed by atoms with van der Waals surface area (Å²) in [6, 6.07) is 5.80. The minimum absolute atomic E-state index is 0.0243. The van der Waals surface area contributed by atoms with E-state index in [4.69, 9.17) is 18.9 Å². The molecule has 0 saturated heterocycles. The topological polar surface area (TPSA) is 203 Å². The van der Waals surface area contributed by atoms with Crippen molar-refractivity contribution in [3.63, 3.8) is 0 Å². The second kappa shape index (κ2) is 22.2. The Morgan fingerprint density at radius 2 is 1.11 bits per heavy atom. The summed E-state index contributed by atoms with van der Waals surface area (Å²) in [6.45, 7) is 1.54. The molecule has 0 aromatic heterocycles. The molecule has 1 aromatic rings. The van der Waals surface area contributed by atoms with Crippen molar-refractivity contribution in [1.29, 1.82) is 0 Å². The standard InChI is InChI=1S/C28H45N3O13S/c1-22-5-7-23(8-6-22)45(36,37)30-13-18-41-17-12-29-27(35)31-28(19-42-14-9-24(32)38-2,20-43-15-10-25(33)39-3)21-44-16-11-26(34)40-4/h5-8,30H,9-21H2,1-4H3,(H2,29,31,35). The fraction of sp³-hybridized carbons (Fsp3) is 0.643. The van der Waals surface area contributed by atoms with Gasteiger partial charge in [-0.05, 0) is 19.1 Å². The van der Waals surface area contributed by atoms with Crippen molar-refractivity contribution >= 4 is 34.0 Å². The number of nitrogens with one attached hydrogen (secondary N) is 3. The van der Waals surface area contributed by atoms with E-state index < -0.39 is 39.5 Å². The molecule has 0 spiro atoms. The highest BCUT2D eigenvalue weighted by atomic mass is 32.2. The molecule has 17 heteroatoms. The largest absolute Gasteiger partial charge is 0.469 e. The molecule has 256 valence electrons. The minimum atomic E-state index is -3.67. The SMILES string of the molecule is COC(=O)CCOCC(COCCC(=O)OC)(COCCC(=O)OC)NC(=O)NCCOCCNS(=O)(=O)c1ccc(C)cc1. The minimum Gasteiger partial charge on any atom is -0.469 e. The Morgan fingerprint density at radius 1 is 0.667 bits per heavy atom. The van der Waals surface area contributed by atoms with E-state index in [0.29, 0.717) is 0 Å². The van der Waals surface area contributed by atoms with Crippen LogP contribution in [0.3, 0.4) is 0 Å². The first-order chi connectivity index (χ1) is 21.5. The van der Waals surface area contributed by atoms with Crippen molar-refractivity contribution in [2.75, 3.05) is 87.3 Å². The molecule has 1 aromatic carbocycles. The Hall–Kier alpha value is -3.35. The van der Waals surface area contributed by atoms with Gasteiger partial charge in [0.15, 0.2) is 0 Å². The van der Waals surface area contributed by atoms with Crippen molar-refractivity contribution < 1.29 is 60.8 Å². The maximum Gasteiger partial charge on any atom is 0.315 e. The second-order valence-electron chi connectivity index (χ2n) is 9.62. The van der Waals surface area contributed by atoms with E-state index in [1.807, 2.05) is 6.92 Å². The van der Waals surface area contributed by atoms with Gasteiger partial charge in [0.25, 0.3) is 0 Å². The van der Waals surface area contributed by atoms with Crippen LogP contribution in [0.25, 0.3) is 0 Å². The van der Waals surface area contributed by atoms with Crippen molar-refractivity contribution in [1.82, 2.24) is 15.4 Å². The second-order valence-corrected chi connectivity index (χ2v) is 11.4. The summed E-state index contributed by atoms with van der Waals surface area (Å²) in [5.74, 6) is -1.46. The number of hydrogen-bond acceptors (Lipinski definition) is 13. The Balaban J connectivity index is 2.70. The number of amides is 2. The van der Waals surface area contributed by atoms with Crippen LogP contribution in [0.5, 0.6) is 0 Å². The predicted octanol–water partition coefficient (Wildman–Crippen LogP) is 0.0670. The number of urea groups is 1. The molecule has 2 amide bonds. The van der Waals surface area contributed by atoms with Gasteiger partial charge in [0.05, 0.1) is 98.3 Å². The van der Waals surface area contributed by atoms with Gasteiger partial charge in [0.2, 0.25) is 10.0 Å². The normalized spacial score (nSPS) is 11.5. The number of rotatable bonds is 24. The Labute approximate surface area is 263 Å². The van der Waals surface area contributed by atoms with Gasteiger partial charge in [0.1, 0.15) is 5.54 Å². The lowest BCUT2D eigenvalue weighted by Gasteiger charge is -2.34. The highest BCUT2D eigenvalue weighted by molar-refractivity contribution is 7.89.